The molecular formula is C13H20N2OS. The van der Waals surface area contributed by atoms with Crippen molar-refractivity contribution in [3.8, 4) is 0 Å². The number of anilines is 1. The Kier molecular flexibility index (Phi) is 4.18. The van der Waals surface area contributed by atoms with E-state index in [1.54, 1.807) is 0 Å². The third kappa shape index (κ3) is 3.30. The summed E-state index contributed by atoms with van der Waals surface area (Å²) in [4.78, 5) is 3.29. The van der Waals surface area contributed by atoms with Crippen LogP contribution in [0.15, 0.2) is 23.1 Å². The second kappa shape index (κ2) is 5.65. The van der Waals surface area contributed by atoms with Gasteiger partial charge in [-0.1, -0.05) is 0 Å². The summed E-state index contributed by atoms with van der Waals surface area (Å²) < 4.78 is 12.1. The lowest BCUT2D eigenvalue weighted by Gasteiger charge is -2.14. The van der Waals surface area contributed by atoms with Crippen LogP contribution in [0.5, 0.6) is 0 Å². The maximum atomic E-state index is 12.1. The number of nitrogens with zero attached hydrogens (tertiary/aromatic N) is 1. The second-order valence-corrected chi connectivity index (χ2v) is 6.19. The molecule has 1 aromatic rings. The van der Waals surface area contributed by atoms with Crippen LogP contribution in [0.1, 0.15) is 18.4 Å². The standard InChI is InChI=1S/C13H20N2OS/c1-11-10-12(4-5-13(11)14)17(16)9-8-15-6-2-3-7-15/h4-5,10H,2-3,6-9,14H2,1H3. The van der Waals surface area contributed by atoms with Crippen LogP contribution in [0.3, 0.4) is 0 Å². The fourth-order valence-electron chi connectivity index (χ4n) is 2.13. The molecule has 0 radical (unpaired) electrons. The van der Waals surface area contributed by atoms with Crippen LogP contribution in [0, 0.1) is 6.92 Å². The Morgan fingerprint density at radius 3 is 2.71 bits per heavy atom. The van der Waals surface area contributed by atoms with Crippen molar-refractivity contribution < 1.29 is 4.21 Å². The van der Waals surface area contributed by atoms with Gasteiger partial charge in [-0.05, 0) is 56.6 Å². The number of aryl methyl sites for hydroxylation is 1. The van der Waals surface area contributed by atoms with Crippen molar-refractivity contribution in [2.75, 3.05) is 31.1 Å². The molecule has 4 heteroatoms. The van der Waals surface area contributed by atoms with E-state index in [0.29, 0.717) is 0 Å². The SMILES string of the molecule is Cc1cc(S(=O)CCN2CCCC2)ccc1N. The third-order valence-corrected chi connectivity index (χ3v) is 4.63. The van der Waals surface area contributed by atoms with Gasteiger partial charge < -0.3 is 10.6 Å². The molecule has 17 heavy (non-hydrogen) atoms. The highest BCUT2D eigenvalue weighted by atomic mass is 32.2. The lowest BCUT2D eigenvalue weighted by atomic mass is 10.2. The summed E-state index contributed by atoms with van der Waals surface area (Å²) in [6.07, 6.45) is 2.57. The molecule has 1 saturated heterocycles. The van der Waals surface area contributed by atoms with Crippen LogP contribution in [0.2, 0.25) is 0 Å². The topological polar surface area (TPSA) is 46.3 Å². The first-order chi connectivity index (χ1) is 8.16. The van der Waals surface area contributed by atoms with E-state index in [2.05, 4.69) is 4.90 Å². The predicted molar refractivity (Wildman–Crippen MR) is 72.5 cm³/mol. The molecule has 2 rings (SSSR count). The molecule has 1 unspecified atom stereocenters. The Balaban J connectivity index is 1.92. The monoisotopic (exact) mass is 252 g/mol. The first kappa shape index (κ1) is 12.6. The van der Waals surface area contributed by atoms with Crippen molar-refractivity contribution in [3.63, 3.8) is 0 Å². The lowest BCUT2D eigenvalue weighted by Crippen LogP contribution is -2.24. The molecule has 0 aromatic heterocycles. The van der Waals surface area contributed by atoms with Gasteiger partial charge in [-0.25, -0.2) is 0 Å². The van der Waals surface area contributed by atoms with Gasteiger partial charge in [-0.2, -0.15) is 0 Å². The minimum atomic E-state index is -0.895. The first-order valence-electron chi connectivity index (χ1n) is 6.13. The van der Waals surface area contributed by atoms with Crippen LogP contribution in [0.4, 0.5) is 5.69 Å². The molecule has 1 fully saturated rings. The molecule has 0 amide bonds. The van der Waals surface area contributed by atoms with Gasteiger partial charge in [0.1, 0.15) is 0 Å². The third-order valence-electron chi connectivity index (χ3n) is 3.30. The number of hydrogen-bond acceptors (Lipinski definition) is 3. The summed E-state index contributed by atoms with van der Waals surface area (Å²) in [6, 6.07) is 5.66. The van der Waals surface area contributed by atoms with Crippen molar-refractivity contribution in [1.29, 1.82) is 0 Å². The fourth-order valence-corrected chi connectivity index (χ4v) is 3.31. The molecular weight excluding hydrogens is 232 g/mol. The quantitative estimate of drug-likeness (QED) is 0.831. The number of rotatable bonds is 4. The number of nitrogen functional groups attached to an aromatic ring is 1. The summed E-state index contributed by atoms with van der Waals surface area (Å²) in [7, 11) is -0.895. The van der Waals surface area contributed by atoms with Gasteiger partial charge in [0.15, 0.2) is 0 Å². The van der Waals surface area contributed by atoms with E-state index < -0.39 is 10.8 Å². The predicted octanol–water partition coefficient (Wildman–Crippen LogP) is 1.78. The van der Waals surface area contributed by atoms with Crippen molar-refractivity contribution in [1.82, 2.24) is 4.90 Å². The van der Waals surface area contributed by atoms with Gasteiger partial charge in [0.05, 0.1) is 10.8 Å². The van der Waals surface area contributed by atoms with E-state index in [0.717, 1.165) is 41.5 Å². The molecule has 1 aliphatic rings. The van der Waals surface area contributed by atoms with Crippen LogP contribution in [0.25, 0.3) is 0 Å². The number of hydrogen-bond donors (Lipinski definition) is 1. The van der Waals surface area contributed by atoms with Crippen molar-refractivity contribution in [3.05, 3.63) is 23.8 Å². The Hall–Kier alpha value is -0.870. The molecule has 1 atom stereocenters. The maximum absolute atomic E-state index is 12.1. The Labute approximate surface area is 105 Å². The molecule has 2 N–H and O–H groups in total. The van der Waals surface area contributed by atoms with Crippen molar-refractivity contribution in [2.45, 2.75) is 24.7 Å². The minimum absolute atomic E-state index is 0.726. The highest BCUT2D eigenvalue weighted by molar-refractivity contribution is 7.85. The zero-order valence-corrected chi connectivity index (χ0v) is 11.1. The summed E-state index contributed by atoms with van der Waals surface area (Å²) in [5.41, 5.74) is 7.54. The van der Waals surface area contributed by atoms with Crippen molar-refractivity contribution in [2.24, 2.45) is 0 Å². The highest BCUT2D eigenvalue weighted by Crippen LogP contribution is 2.16. The molecule has 0 bridgehead atoms. The highest BCUT2D eigenvalue weighted by Gasteiger charge is 2.13. The van der Waals surface area contributed by atoms with Crippen LogP contribution in [-0.4, -0.2) is 34.5 Å². The maximum Gasteiger partial charge on any atom is 0.0542 e. The largest absolute Gasteiger partial charge is 0.399 e. The average molecular weight is 252 g/mol. The number of likely N-dealkylation sites (tertiary alicyclic amines) is 1. The normalized spacial score (nSPS) is 18.4. The van der Waals surface area contributed by atoms with Crippen LogP contribution < -0.4 is 5.73 Å². The Morgan fingerprint density at radius 1 is 1.35 bits per heavy atom. The Morgan fingerprint density at radius 2 is 2.06 bits per heavy atom. The van der Waals surface area contributed by atoms with Gasteiger partial charge >= 0.3 is 0 Å². The van der Waals surface area contributed by atoms with E-state index in [1.807, 2.05) is 25.1 Å². The average Bonchev–Trinajstić information content (AvgIpc) is 2.82. The zero-order chi connectivity index (χ0) is 12.3. The lowest BCUT2D eigenvalue weighted by molar-refractivity contribution is 0.361. The molecule has 0 aliphatic carbocycles. The summed E-state index contributed by atoms with van der Waals surface area (Å²) in [5, 5.41) is 0. The van der Waals surface area contributed by atoms with Gasteiger partial charge in [-0.3, -0.25) is 4.21 Å². The molecule has 94 valence electrons. The van der Waals surface area contributed by atoms with E-state index >= 15 is 0 Å². The van der Waals surface area contributed by atoms with E-state index in [9.17, 15) is 4.21 Å². The van der Waals surface area contributed by atoms with Crippen LogP contribution in [-0.2, 0) is 10.8 Å². The fraction of sp³-hybridized carbons (Fsp3) is 0.538. The number of benzene rings is 1. The zero-order valence-electron chi connectivity index (χ0n) is 10.3. The smallest absolute Gasteiger partial charge is 0.0542 e. The minimum Gasteiger partial charge on any atom is -0.399 e. The first-order valence-corrected chi connectivity index (χ1v) is 7.45. The molecule has 1 aliphatic heterocycles. The summed E-state index contributed by atoms with van der Waals surface area (Å²) in [6.45, 7) is 5.22. The van der Waals surface area contributed by atoms with Crippen LogP contribution >= 0.6 is 0 Å². The molecule has 0 saturated carbocycles. The summed E-state index contributed by atoms with van der Waals surface area (Å²) >= 11 is 0. The van der Waals surface area contributed by atoms with Gasteiger partial charge in [0, 0.05) is 22.9 Å². The molecule has 1 heterocycles. The second-order valence-electron chi connectivity index (χ2n) is 4.62. The van der Waals surface area contributed by atoms with E-state index in [-0.39, 0.29) is 0 Å². The van der Waals surface area contributed by atoms with Crippen molar-refractivity contribution >= 4 is 16.5 Å². The summed E-state index contributed by atoms with van der Waals surface area (Å²) in [5.74, 6) is 0.726. The van der Waals surface area contributed by atoms with Gasteiger partial charge in [0.25, 0.3) is 0 Å². The van der Waals surface area contributed by atoms with E-state index in [1.165, 1.54) is 12.8 Å². The van der Waals surface area contributed by atoms with Gasteiger partial charge in [0.2, 0.25) is 0 Å². The molecule has 1 aromatic carbocycles. The molecule has 0 spiro atoms. The Bertz CT molecular complexity index is 414. The van der Waals surface area contributed by atoms with Gasteiger partial charge in [-0.15, -0.1) is 0 Å². The molecule has 3 nitrogen and oxygen atoms in total. The number of nitrogens with two attached hydrogens (primary N) is 1. The van der Waals surface area contributed by atoms with E-state index in [4.69, 9.17) is 5.73 Å².